The molecule has 0 aliphatic rings. The normalized spacial score (nSPS) is 10.8. The van der Waals surface area contributed by atoms with E-state index < -0.39 is 0 Å². The highest BCUT2D eigenvalue weighted by Crippen LogP contribution is 2.36. The van der Waals surface area contributed by atoms with Crippen LogP contribution in [0.15, 0.2) is 72.9 Å². The summed E-state index contributed by atoms with van der Waals surface area (Å²) in [5.41, 5.74) is 4.74. The maximum absolute atomic E-state index is 13.4. The van der Waals surface area contributed by atoms with E-state index in [2.05, 4.69) is 22.6 Å². The fourth-order valence-corrected chi connectivity index (χ4v) is 3.72. The van der Waals surface area contributed by atoms with E-state index in [0.29, 0.717) is 27.1 Å². The van der Waals surface area contributed by atoms with E-state index in [4.69, 9.17) is 27.9 Å². The molecule has 0 aliphatic carbocycles. The van der Waals surface area contributed by atoms with Crippen molar-refractivity contribution in [1.82, 2.24) is 9.97 Å². The van der Waals surface area contributed by atoms with Crippen LogP contribution < -0.4 is 4.74 Å². The molecule has 0 saturated carbocycles. The summed E-state index contributed by atoms with van der Waals surface area (Å²) >= 11 is 16.9. The van der Waals surface area contributed by atoms with Crippen molar-refractivity contribution in [1.29, 1.82) is 0 Å². The van der Waals surface area contributed by atoms with Crippen LogP contribution in [0.2, 0.25) is 10.0 Å². The van der Waals surface area contributed by atoms with Crippen LogP contribution in [0.3, 0.4) is 0 Å². The van der Waals surface area contributed by atoms with Crippen LogP contribution in [0.25, 0.3) is 22.4 Å². The molecule has 0 atom stereocenters. The second kappa shape index (κ2) is 9.69. The van der Waals surface area contributed by atoms with E-state index in [1.807, 2.05) is 30.3 Å². The van der Waals surface area contributed by atoms with Crippen LogP contribution in [0.5, 0.6) is 6.01 Å². The summed E-state index contributed by atoms with van der Waals surface area (Å²) < 4.78 is 19.2. The Morgan fingerprint density at radius 1 is 0.903 bits per heavy atom. The Morgan fingerprint density at radius 2 is 1.71 bits per heavy atom. The van der Waals surface area contributed by atoms with Crippen LogP contribution in [0.4, 0.5) is 4.39 Å². The van der Waals surface area contributed by atoms with Crippen molar-refractivity contribution in [3.8, 4) is 28.4 Å². The lowest BCUT2D eigenvalue weighted by molar-refractivity contribution is 0.280. The molecule has 7 heteroatoms. The molecule has 0 aliphatic heterocycles. The third-order valence-electron chi connectivity index (χ3n) is 4.65. The van der Waals surface area contributed by atoms with Gasteiger partial charge in [0.05, 0.1) is 10.7 Å². The van der Waals surface area contributed by atoms with Crippen LogP contribution in [0.1, 0.15) is 11.1 Å². The van der Waals surface area contributed by atoms with Crippen molar-refractivity contribution < 1.29 is 9.13 Å². The molecule has 0 bridgehead atoms. The Labute approximate surface area is 195 Å². The van der Waals surface area contributed by atoms with Gasteiger partial charge in [-0.15, -0.1) is 0 Å². The molecule has 31 heavy (non-hydrogen) atoms. The zero-order valence-electron chi connectivity index (χ0n) is 16.2. The minimum absolute atomic E-state index is 0.143. The van der Waals surface area contributed by atoms with Crippen molar-refractivity contribution in [2.45, 2.75) is 12.4 Å². The maximum Gasteiger partial charge on any atom is 0.317 e. The molecule has 3 aromatic carbocycles. The van der Waals surface area contributed by atoms with Gasteiger partial charge >= 0.3 is 6.01 Å². The summed E-state index contributed by atoms with van der Waals surface area (Å²) in [6, 6.07) is 19.5. The number of benzene rings is 3. The molecule has 4 aromatic rings. The molecule has 1 heterocycles. The number of aromatic nitrogens is 2. The van der Waals surface area contributed by atoms with E-state index in [1.54, 1.807) is 30.5 Å². The minimum Gasteiger partial charge on any atom is -0.459 e. The van der Waals surface area contributed by atoms with Gasteiger partial charge in [-0.25, -0.2) is 9.37 Å². The van der Waals surface area contributed by atoms with Gasteiger partial charge in [0.15, 0.2) is 0 Å². The van der Waals surface area contributed by atoms with Gasteiger partial charge in [-0.1, -0.05) is 59.6 Å². The number of hydrogen-bond acceptors (Lipinski definition) is 4. The second-order valence-electron chi connectivity index (χ2n) is 6.81. The molecular formula is C24H17Cl2FN2OS. The van der Waals surface area contributed by atoms with Gasteiger partial charge in [0.1, 0.15) is 12.4 Å². The molecule has 0 radical (unpaired) electrons. The average Bonchev–Trinajstić information content (AvgIpc) is 2.78. The Hall–Kier alpha value is -2.60. The summed E-state index contributed by atoms with van der Waals surface area (Å²) in [5, 5.41) is 1.19. The van der Waals surface area contributed by atoms with Gasteiger partial charge in [0.2, 0.25) is 0 Å². The number of thiol groups is 1. The Morgan fingerprint density at radius 3 is 2.42 bits per heavy atom. The third-order valence-corrected chi connectivity index (χ3v) is 5.58. The number of halogens is 3. The minimum atomic E-state index is -0.322. The lowest BCUT2D eigenvalue weighted by Gasteiger charge is -2.13. The van der Waals surface area contributed by atoms with Crippen molar-refractivity contribution in [2.24, 2.45) is 0 Å². The van der Waals surface area contributed by atoms with Crippen LogP contribution in [0, 0.1) is 5.82 Å². The van der Waals surface area contributed by atoms with Crippen molar-refractivity contribution in [2.75, 3.05) is 0 Å². The Kier molecular flexibility index (Phi) is 6.76. The van der Waals surface area contributed by atoms with Gasteiger partial charge in [-0.2, -0.15) is 17.6 Å². The van der Waals surface area contributed by atoms with E-state index in [9.17, 15) is 4.39 Å². The van der Waals surface area contributed by atoms with Gasteiger partial charge < -0.3 is 4.74 Å². The lowest BCUT2D eigenvalue weighted by Crippen LogP contribution is -2.02. The van der Waals surface area contributed by atoms with E-state index in [-0.39, 0.29) is 18.4 Å². The average molecular weight is 471 g/mol. The molecule has 0 fully saturated rings. The van der Waals surface area contributed by atoms with Gasteiger partial charge in [0, 0.05) is 28.1 Å². The molecule has 0 saturated heterocycles. The summed E-state index contributed by atoms with van der Waals surface area (Å²) in [7, 11) is 0. The largest absolute Gasteiger partial charge is 0.459 e. The van der Waals surface area contributed by atoms with Crippen LogP contribution >= 0.6 is 35.8 Å². The fraction of sp³-hybridized carbons (Fsp3) is 0.0833. The topological polar surface area (TPSA) is 35.0 Å². The predicted octanol–water partition coefficient (Wildman–Crippen LogP) is 7.27. The van der Waals surface area contributed by atoms with Crippen molar-refractivity contribution in [3.05, 3.63) is 99.9 Å². The van der Waals surface area contributed by atoms with Crippen molar-refractivity contribution >= 4 is 35.8 Å². The zero-order valence-corrected chi connectivity index (χ0v) is 18.6. The summed E-state index contributed by atoms with van der Waals surface area (Å²) in [5.74, 6) is 0.257. The SMILES string of the molecule is Fc1cccc(COc2ncc(-c3ccc(Cl)cc3)c(-c3ccc(CS)cc3Cl)n2)c1. The second-order valence-corrected chi connectivity index (χ2v) is 7.97. The Bertz CT molecular complexity index is 1220. The quantitative estimate of drug-likeness (QED) is 0.301. The number of rotatable bonds is 6. The summed E-state index contributed by atoms with van der Waals surface area (Å²) in [6.07, 6.45) is 1.69. The highest BCUT2D eigenvalue weighted by molar-refractivity contribution is 7.79. The first-order valence-electron chi connectivity index (χ1n) is 9.43. The molecule has 0 N–H and O–H groups in total. The van der Waals surface area contributed by atoms with Crippen LogP contribution in [-0.2, 0) is 12.4 Å². The molecule has 1 aromatic heterocycles. The van der Waals surface area contributed by atoms with E-state index in [1.165, 1.54) is 12.1 Å². The molecule has 3 nitrogen and oxygen atoms in total. The molecule has 0 spiro atoms. The molecular weight excluding hydrogens is 454 g/mol. The zero-order chi connectivity index (χ0) is 21.8. The van der Waals surface area contributed by atoms with Crippen LogP contribution in [-0.4, -0.2) is 9.97 Å². The number of nitrogens with zero attached hydrogens (tertiary/aromatic N) is 2. The third kappa shape index (κ3) is 5.18. The van der Waals surface area contributed by atoms with E-state index >= 15 is 0 Å². The molecule has 156 valence electrons. The monoisotopic (exact) mass is 470 g/mol. The first-order chi connectivity index (χ1) is 15.0. The number of ether oxygens (including phenoxy) is 1. The Balaban J connectivity index is 1.74. The van der Waals surface area contributed by atoms with E-state index in [0.717, 1.165) is 22.3 Å². The van der Waals surface area contributed by atoms with Gasteiger partial charge in [-0.05, 0) is 47.0 Å². The maximum atomic E-state index is 13.4. The highest BCUT2D eigenvalue weighted by Gasteiger charge is 2.16. The smallest absolute Gasteiger partial charge is 0.317 e. The van der Waals surface area contributed by atoms with Crippen molar-refractivity contribution in [3.63, 3.8) is 0 Å². The predicted molar refractivity (Wildman–Crippen MR) is 126 cm³/mol. The fourth-order valence-electron chi connectivity index (χ4n) is 3.10. The highest BCUT2D eigenvalue weighted by atomic mass is 35.5. The number of hydrogen-bond donors (Lipinski definition) is 1. The molecule has 0 amide bonds. The molecule has 0 unspecified atom stereocenters. The van der Waals surface area contributed by atoms with Gasteiger partial charge in [-0.3, -0.25) is 0 Å². The first-order valence-corrected chi connectivity index (χ1v) is 10.8. The standard InChI is InChI=1S/C24H17Cl2FN2OS/c25-18-7-5-17(6-8-18)21-12-28-24(30-13-15-2-1-3-19(27)10-15)29-23(21)20-9-4-16(14-31)11-22(20)26/h1-12,31H,13-14H2. The lowest BCUT2D eigenvalue weighted by atomic mass is 10.00. The summed E-state index contributed by atoms with van der Waals surface area (Å²) in [4.78, 5) is 8.98. The molecule has 4 rings (SSSR count). The summed E-state index contributed by atoms with van der Waals surface area (Å²) in [6.45, 7) is 0.143. The first kappa shape index (κ1) is 21.6. The van der Waals surface area contributed by atoms with Gasteiger partial charge in [0.25, 0.3) is 0 Å².